The fourth-order valence-corrected chi connectivity index (χ4v) is 8.19. The maximum absolute atomic E-state index is 4.49. The lowest BCUT2D eigenvalue weighted by molar-refractivity contribution is 0.992. The molecule has 0 aliphatic carbocycles. The van der Waals surface area contributed by atoms with E-state index in [2.05, 4.69) is 212 Å². The topological polar surface area (TPSA) is 9.86 Å². The molecule has 2 heterocycles. The number of benzene rings is 7. The van der Waals surface area contributed by atoms with Crippen molar-refractivity contribution in [2.75, 3.05) is 0 Å². The van der Waals surface area contributed by atoms with Gasteiger partial charge in [0.1, 0.15) is 0 Å². The lowest BCUT2D eigenvalue weighted by atomic mass is 9.88. The molecule has 0 amide bonds. The Morgan fingerprint density at radius 3 is 1.87 bits per heavy atom. The summed E-state index contributed by atoms with van der Waals surface area (Å²) in [5.41, 5.74) is 15.2. The Kier molecular flexibility index (Phi) is 8.72. The van der Waals surface area contributed by atoms with Crippen LogP contribution in [0.4, 0.5) is 0 Å². The van der Waals surface area contributed by atoms with Crippen LogP contribution in [0, 0.1) is 0 Å². The van der Waals surface area contributed by atoms with Gasteiger partial charge in [-0.25, -0.2) is 0 Å². The van der Waals surface area contributed by atoms with Gasteiger partial charge in [-0.1, -0.05) is 172 Å². The summed E-state index contributed by atoms with van der Waals surface area (Å²) in [7, 11) is 0. The molecule has 0 spiro atoms. The predicted octanol–water partition coefficient (Wildman–Crippen LogP) is 14.5. The molecule has 0 saturated heterocycles. The highest BCUT2D eigenvalue weighted by Gasteiger charge is 2.18. The van der Waals surface area contributed by atoms with E-state index in [0.29, 0.717) is 0 Å². The van der Waals surface area contributed by atoms with Gasteiger partial charge in [0.2, 0.25) is 0 Å². The summed E-state index contributed by atoms with van der Waals surface area (Å²) >= 11 is 0. The van der Waals surface area contributed by atoms with Crippen molar-refractivity contribution in [3.8, 4) is 16.8 Å². The molecule has 2 nitrogen and oxygen atoms in total. The van der Waals surface area contributed by atoms with E-state index in [4.69, 9.17) is 0 Å². The van der Waals surface area contributed by atoms with Gasteiger partial charge < -0.3 is 9.13 Å². The van der Waals surface area contributed by atoms with Gasteiger partial charge in [0.05, 0.1) is 22.1 Å². The molecule has 0 N–H and O–H groups in total. The lowest BCUT2D eigenvalue weighted by Gasteiger charge is -2.17. The summed E-state index contributed by atoms with van der Waals surface area (Å²) in [5, 5.41) is 4.94. The molecule has 2 heteroatoms. The fraction of sp³-hybridized carbons (Fsp3) is 0.0566. The Hall–Kier alpha value is -6.90. The van der Waals surface area contributed by atoms with Crippen LogP contribution in [-0.2, 0) is 0 Å². The highest BCUT2D eigenvalue weighted by Crippen LogP contribution is 2.39. The van der Waals surface area contributed by atoms with E-state index in [1.54, 1.807) is 0 Å². The van der Waals surface area contributed by atoms with Crippen LogP contribution >= 0.6 is 0 Å². The van der Waals surface area contributed by atoms with E-state index < -0.39 is 0 Å². The first-order valence-corrected chi connectivity index (χ1v) is 19.0. The van der Waals surface area contributed by atoms with Crippen molar-refractivity contribution in [1.82, 2.24) is 9.13 Å². The van der Waals surface area contributed by atoms with Gasteiger partial charge in [-0.05, 0) is 82.3 Å². The van der Waals surface area contributed by atoms with Gasteiger partial charge in [-0.3, -0.25) is 0 Å². The summed E-state index contributed by atoms with van der Waals surface area (Å²) < 4.78 is 4.83. The van der Waals surface area contributed by atoms with Crippen LogP contribution in [0.3, 0.4) is 0 Å². The molecule has 264 valence electrons. The van der Waals surface area contributed by atoms with E-state index in [1.165, 1.54) is 65.9 Å². The predicted molar refractivity (Wildman–Crippen MR) is 238 cm³/mol. The minimum absolute atomic E-state index is 0.186. The fourth-order valence-electron chi connectivity index (χ4n) is 8.19. The second-order valence-electron chi connectivity index (χ2n) is 14.4. The maximum Gasteiger partial charge on any atom is 0.0558 e. The van der Waals surface area contributed by atoms with Crippen LogP contribution in [-0.4, -0.2) is 9.13 Å². The van der Waals surface area contributed by atoms with Crippen molar-refractivity contribution in [2.24, 2.45) is 0 Å². The summed E-state index contributed by atoms with van der Waals surface area (Å²) in [5.74, 6) is 0.186. The molecule has 9 rings (SSSR count). The third kappa shape index (κ3) is 6.02. The third-order valence-electron chi connectivity index (χ3n) is 11.2. The van der Waals surface area contributed by atoms with Crippen LogP contribution in [0.5, 0.6) is 0 Å². The van der Waals surface area contributed by atoms with Crippen molar-refractivity contribution in [2.45, 2.75) is 19.8 Å². The summed E-state index contributed by atoms with van der Waals surface area (Å²) in [4.78, 5) is 0. The number of fused-ring (bicyclic) bond motifs is 6. The van der Waals surface area contributed by atoms with E-state index >= 15 is 0 Å². The van der Waals surface area contributed by atoms with Crippen LogP contribution in [0.1, 0.15) is 36.5 Å². The molecule has 55 heavy (non-hydrogen) atoms. The van der Waals surface area contributed by atoms with Gasteiger partial charge in [0.15, 0.2) is 0 Å². The third-order valence-corrected chi connectivity index (χ3v) is 11.2. The number of allylic oxidation sites excluding steroid dienone is 6. The zero-order chi connectivity index (χ0) is 37.5. The second kappa shape index (κ2) is 14.2. The highest BCUT2D eigenvalue weighted by atomic mass is 15.0. The lowest BCUT2D eigenvalue weighted by Crippen LogP contribution is -1.98. The molecule has 0 radical (unpaired) electrons. The first-order chi connectivity index (χ1) is 27.0. The average Bonchev–Trinajstić information content (AvgIpc) is 3.76. The van der Waals surface area contributed by atoms with E-state index in [0.717, 1.165) is 28.1 Å². The van der Waals surface area contributed by atoms with E-state index in [9.17, 15) is 0 Å². The zero-order valence-electron chi connectivity index (χ0n) is 31.3. The van der Waals surface area contributed by atoms with Crippen LogP contribution in [0.25, 0.3) is 77.3 Å². The van der Waals surface area contributed by atoms with Crippen molar-refractivity contribution in [3.63, 3.8) is 0 Å². The van der Waals surface area contributed by atoms with Crippen LogP contribution in [0.2, 0.25) is 0 Å². The van der Waals surface area contributed by atoms with E-state index in [1.807, 2.05) is 12.1 Å². The zero-order valence-corrected chi connectivity index (χ0v) is 31.3. The number of hydrogen-bond donors (Lipinski definition) is 0. The number of para-hydroxylation sites is 2. The van der Waals surface area contributed by atoms with Crippen LogP contribution < -0.4 is 0 Å². The second-order valence-corrected chi connectivity index (χ2v) is 14.4. The Labute approximate surface area is 322 Å². The van der Waals surface area contributed by atoms with Crippen molar-refractivity contribution in [3.05, 3.63) is 218 Å². The van der Waals surface area contributed by atoms with Gasteiger partial charge >= 0.3 is 0 Å². The number of nitrogens with zero attached hydrogens (tertiary/aromatic N) is 2. The molecule has 0 bridgehead atoms. The minimum atomic E-state index is 0.186. The first kappa shape index (κ1) is 33.9. The normalized spacial score (nSPS) is 12.8. The van der Waals surface area contributed by atoms with Gasteiger partial charge in [0, 0.05) is 38.8 Å². The Balaban J connectivity index is 1.19. The standard InChI is InChI=1S/C53H42N2/c1-5-39(41-19-10-7-11-20-41)28-27-36(2)54-50-25-14-12-23-46(50)49-32-30-45(35-53(49)54)55-51-26-15-13-24-47(51)48-31-29-44(34-52(48)55)43-22-16-21-42(33-43)38(4)37(3)40-17-8-6-9-18-40/h5-35,38H,1,3H2,2,4H3/b36-27+,39-28+. The molecule has 0 saturated carbocycles. The van der Waals surface area contributed by atoms with Crippen LogP contribution in [0.15, 0.2) is 201 Å². The van der Waals surface area contributed by atoms with Crippen molar-refractivity contribution >= 4 is 60.5 Å². The smallest absolute Gasteiger partial charge is 0.0558 e. The number of hydrogen-bond acceptors (Lipinski definition) is 0. The molecule has 7 aromatic carbocycles. The summed E-state index contributed by atoms with van der Waals surface area (Å²) in [6.07, 6.45) is 6.31. The molecule has 1 unspecified atom stereocenters. The highest BCUT2D eigenvalue weighted by molar-refractivity contribution is 6.13. The summed E-state index contributed by atoms with van der Waals surface area (Å²) in [6, 6.07) is 61.2. The maximum atomic E-state index is 4.49. The molecular formula is C53H42N2. The first-order valence-electron chi connectivity index (χ1n) is 19.0. The molecule has 0 aliphatic heterocycles. The minimum Gasteiger partial charge on any atom is -0.313 e. The van der Waals surface area contributed by atoms with Gasteiger partial charge in [-0.15, -0.1) is 0 Å². The molecule has 0 aliphatic rings. The quantitative estimate of drug-likeness (QED) is 0.132. The molecule has 0 fully saturated rings. The molecule has 2 aromatic heterocycles. The van der Waals surface area contributed by atoms with Crippen molar-refractivity contribution < 1.29 is 0 Å². The van der Waals surface area contributed by atoms with E-state index in [-0.39, 0.29) is 5.92 Å². The monoisotopic (exact) mass is 706 g/mol. The molecular weight excluding hydrogens is 665 g/mol. The largest absolute Gasteiger partial charge is 0.313 e. The number of rotatable bonds is 9. The summed E-state index contributed by atoms with van der Waals surface area (Å²) in [6.45, 7) is 13.0. The van der Waals surface area contributed by atoms with Crippen molar-refractivity contribution in [1.29, 1.82) is 0 Å². The van der Waals surface area contributed by atoms with Gasteiger partial charge in [0.25, 0.3) is 0 Å². The number of aromatic nitrogens is 2. The Morgan fingerprint density at radius 2 is 1.13 bits per heavy atom. The Bertz CT molecular complexity index is 2970. The Morgan fingerprint density at radius 1 is 0.527 bits per heavy atom. The molecule has 1 atom stereocenters. The SMILES string of the molecule is C=C/C(=C\C=C(/C)n1c2ccccc2c2ccc(-n3c4ccccc4c4ccc(-c5cccc(C(C)C(=C)c6ccccc6)c5)cc43)cc21)c1ccccc1. The molecule has 9 aromatic rings. The average molecular weight is 707 g/mol. The van der Waals surface area contributed by atoms with Gasteiger partial charge in [-0.2, -0.15) is 0 Å².